The Morgan fingerprint density at radius 2 is 2.04 bits per heavy atom. The van der Waals surface area contributed by atoms with E-state index in [-0.39, 0.29) is 11.6 Å². The standard InChI is InChI=1S/C15H19F2N5O2/c1-9(6-22-8-18-7-19-22)20-15(24)21-10(2)14(23)11-3-4-12(16)13(17)5-11/h3-5,7-10,14,23H,6H2,1-2H3,(H2,20,21,24). The number of carbonyl (C=O) groups excluding carboxylic acids is 1. The Labute approximate surface area is 137 Å². The van der Waals surface area contributed by atoms with Crippen molar-refractivity contribution in [2.45, 2.75) is 38.6 Å². The van der Waals surface area contributed by atoms with Crippen LogP contribution < -0.4 is 10.6 Å². The van der Waals surface area contributed by atoms with E-state index in [0.29, 0.717) is 6.54 Å². The average Bonchev–Trinajstić information content (AvgIpc) is 3.01. The number of nitrogens with one attached hydrogen (secondary N) is 2. The fraction of sp³-hybridized carbons (Fsp3) is 0.400. The Morgan fingerprint density at radius 3 is 2.67 bits per heavy atom. The van der Waals surface area contributed by atoms with Crippen LogP contribution in [0.2, 0.25) is 0 Å². The fourth-order valence-electron chi connectivity index (χ4n) is 2.19. The van der Waals surface area contributed by atoms with Crippen LogP contribution in [0.25, 0.3) is 0 Å². The highest BCUT2D eigenvalue weighted by atomic mass is 19.2. The van der Waals surface area contributed by atoms with Gasteiger partial charge in [-0.25, -0.2) is 18.6 Å². The first-order chi connectivity index (χ1) is 11.4. The van der Waals surface area contributed by atoms with Crippen molar-refractivity contribution in [3.8, 4) is 0 Å². The van der Waals surface area contributed by atoms with Gasteiger partial charge in [0.05, 0.1) is 18.7 Å². The Morgan fingerprint density at radius 1 is 1.29 bits per heavy atom. The molecular weight excluding hydrogens is 320 g/mol. The van der Waals surface area contributed by atoms with Crippen LogP contribution in [-0.2, 0) is 6.54 Å². The molecule has 0 fully saturated rings. The largest absolute Gasteiger partial charge is 0.386 e. The minimum absolute atomic E-state index is 0.178. The molecule has 0 aliphatic heterocycles. The lowest BCUT2D eigenvalue weighted by Gasteiger charge is -2.22. The molecule has 0 saturated carbocycles. The van der Waals surface area contributed by atoms with Crippen LogP contribution in [-0.4, -0.2) is 38.0 Å². The maximum absolute atomic E-state index is 13.2. The number of halogens is 2. The molecule has 3 unspecified atom stereocenters. The predicted octanol–water partition coefficient (Wildman–Crippen LogP) is 1.37. The molecule has 130 valence electrons. The van der Waals surface area contributed by atoms with E-state index in [2.05, 4.69) is 20.7 Å². The Hall–Kier alpha value is -2.55. The first-order valence-electron chi connectivity index (χ1n) is 7.39. The molecule has 7 nitrogen and oxygen atoms in total. The second kappa shape index (κ2) is 7.82. The number of hydrogen-bond acceptors (Lipinski definition) is 4. The van der Waals surface area contributed by atoms with Gasteiger partial charge in [0.15, 0.2) is 11.6 Å². The number of aromatic nitrogens is 3. The molecule has 3 atom stereocenters. The number of carbonyl (C=O) groups is 1. The van der Waals surface area contributed by atoms with Crippen LogP contribution in [0.15, 0.2) is 30.9 Å². The van der Waals surface area contributed by atoms with Gasteiger partial charge in [-0.1, -0.05) is 6.07 Å². The minimum atomic E-state index is -1.17. The molecule has 1 heterocycles. The molecule has 2 rings (SSSR count). The summed E-state index contributed by atoms with van der Waals surface area (Å²) in [5.74, 6) is -2.05. The fourth-order valence-corrected chi connectivity index (χ4v) is 2.19. The topological polar surface area (TPSA) is 92.1 Å². The van der Waals surface area contributed by atoms with Crippen molar-refractivity contribution in [1.29, 1.82) is 0 Å². The number of amides is 2. The summed E-state index contributed by atoms with van der Waals surface area (Å²) in [6.07, 6.45) is 1.76. The highest BCUT2D eigenvalue weighted by Crippen LogP contribution is 2.19. The Kier molecular flexibility index (Phi) is 5.80. The highest BCUT2D eigenvalue weighted by Gasteiger charge is 2.20. The van der Waals surface area contributed by atoms with Gasteiger partial charge in [-0.2, -0.15) is 5.10 Å². The van der Waals surface area contributed by atoms with E-state index >= 15 is 0 Å². The highest BCUT2D eigenvalue weighted by molar-refractivity contribution is 5.74. The van der Waals surface area contributed by atoms with E-state index in [4.69, 9.17) is 0 Å². The molecular formula is C15H19F2N5O2. The number of benzene rings is 1. The Balaban J connectivity index is 1.86. The smallest absolute Gasteiger partial charge is 0.315 e. The van der Waals surface area contributed by atoms with Crippen molar-refractivity contribution < 1.29 is 18.7 Å². The maximum Gasteiger partial charge on any atom is 0.315 e. The molecule has 0 saturated heterocycles. The van der Waals surface area contributed by atoms with Gasteiger partial charge in [0.25, 0.3) is 0 Å². The van der Waals surface area contributed by atoms with Crippen LogP contribution in [0.1, 0.15) is 25.5 Å². The van der Waals surface area contributed by atoms with Crippen LogP contribution in [0.5, 0.6) is 0 Å². The molecule has 0 radical (unpaired) electrons. The number of hydrogen-bond donors (Lipinski definition) is 3. The normalized spacial score (nSPS) is 14.7. The van der Waals surface area contributed by atoms with Gasteiger partial charge >= 0.3 is 6.03 Å². The van der Waals surface area contributed by atoms with Gasteiger partial charge in [0, 0.05) is 6.04 Å². The molecule has 9 heteroatoms. The van der Waals surface area contributed by atoms with Crippen molar-refractivity contribution in [2.24, 2.45) is 0 Å². The molecule has 3 N–H and O–H groups in total. The summed E-state index contributed by atoms with van der Waals surface area (Å²) >= 11 is 0. The van der Waals surface area contributed by atoms with Crippen LogP contribution in [0.3, 0.4) is 0 Å². The lowest BCUT2D eigenvalue weighted by atomic mass is 10.0. The summed E-state index contributed by atoms with van der Waals surface area (Å²) in [6.45, 7) is 3.79. The number of aliphatic hydroxyl groups excluding tert-OH is 1. The van der Waals surface area contributed by atoms with E-state index in [1.165, 1.54) is 18.7 Å². The van der Waals surface area contributed by atoms with Gasteiger partial charge < -0.3 is 15.7 Å². The zero-order valence-corrected chi connectivity index (χ0v) is 13.3. The first-order valence-corrected chi connectivity index (χ1v) is 7.39. The molecule has 0 aliphatic rings. The molecule has 1 aromatic heterocycles. The zero-order chi connectivity index (χ0) is 17.7. The lowest BCUT2D eigenvalue weighted by molar-refractivity contribution is 0.136. The van der Waals surface area contributed by atoms with Crippen LogP contribution in [0, 0.1) is 11.6 Å². The quantitative estimate of drug-likeness (QED) is 0.741. The van der Waals surface area contributed by atoms with Crippen LogP contribution in [0.4, 0.5) is 13.6 Å². The summed E-state index contributed by atoms with van der Waals surface area (Å²) < 4.78 is 27.7. The molecule has 0 aliphatic carbocycles. The predicted molar refractivity (Wildman–Crippen MR) is 81.9 cm³/mol. The molecule has 2 aromatic rings. The van der Waals surface area contributed by atoms with E-state index < -0.39 is 29.8 Å². The second-order valence-corrected chi connectivity index (χ2v) is 5.54. The van der Waals surface area contributed by atoms with E-state index in [1.807, 2.05) is 0 Å². The minimum Gasteiger partial charge on any atom is -0.386 e. The van der Waals surface area contributed by atoms with Gasteiger partial charge in [0.1, 0.15) is 12.7 Å². The van der Waals surface area contributed by atoms with E-state index in [9.17, 15) is 18.7 Å². The SMILES string of the molecule is CC(Cn1cncn1)NC(=O)NC(C)C(O)c1ccc(F)c(F)c1. The molecule has 2 amide bonds. The van der Waals surface area contributed by atoms with Crippen molar-refractivity contribution in [1.82, 2.24) is 25.4 Å². The van der Waals surface area contributed by atoms with Crippen molar-refractivity contribution in [3.63, 3.8) is 0 Å². The average molecular weight is 339 g/mol. The monoisotopic (exact) mass is 339 g/mol. The molecule has 1 aromatic carbocycles. The summed E-state index contributed by atoms with van der Waals surface area (Å²) in [4.78, 5) is 15.7. The summed E-state index contributed by atoms with van der Waals surface area (Å²) in [5.41, 5.74) is 0.178. The third-order valence-electron chi connectivity index (χ3n) is 3.42. The van der Waals surface area contributed by atoms with E-state index in [1.54, 1.807) is 18.5 Å². The van der Waals surface area contributed by atoms with Gasteiger partial charge in [-0.15, -0.1) is 0 Å². The summed E-state index contributed by atoms with van der Waals surface area (Å²) in [5, 5.41) is 19.3. The van der Waals surface area contributed by atoms with Gasteiger partial charge in [-0.3, -0.25) is 4.68 Å². The molecule has 24 heavy (non-hydrogen) atoms. The number of urea groups is 1. The molecule has 0 spiro atoms. The van der Waals surface area contributed by atoms with E-state index in [0.717, 1.165) is 12.1 Å². The third kappa shape index (κ3) is 4.72. The number of rotatable bonds is 6. The van der Waals surface area contributed by atoms with Crippen molar-refractivity contribution >= 4 is 6.03 Å². The maximum atomic E-state index is 13.2. The van der Waals surface area contributed by atoms with Gasteiger partial charge in [-0.05, 0) is 31.5 Å². The number of aliphatic hydroxyl groups is 1. The lowest BCUT2D eigenvalue weighted by Crippen LogP contribution is -2.47. The van der Waals surface area contributed by atoms with Gasteiger partial charge in [0.2, 0.25) is 0 Å². The Bertz CT molecular complexity index is 681. The summed E-state index contributed by atoms with van der Waals surface area (Å²) in [7, 11) is 0. The second-order valence-electron chi connectivity index (χ2n) is 5.54. The van der Waals surface area contributed by atoms with Crippen LogP contribution >= 0.6 is 0 Å². The first kappa shape index (κ1) is 17.8. The zero-order valence-electron chi connectivity index (χ0n) is 13.3. The third-order valence-corrected chi connectivity index (χ3v) is 3.42. The number of nitrogens with zero attached hydrogens (tertiary/aromatic N) is 3. The summed E-state index contributed by atoms with van der Waals surface area (Å²) in [6, 6.07) is 1.70. The van der Waals surface area contributed by atoms with Crippen molar-refractivity contribution in [3.05, 3.63) is 48.1 Å². The van der Waals surface area contributed by atoms with Crippen molar-refractivity contribution in [2.75, 3.05) is 0 Å². The molecule has 0 bridgehead atoms.